The van der Waals surface area contributed by atoms with E-state index in [1.165, 1.54) is 77.0 Å². The highest BCUT2D eigenvalue weighted by atomic mass is 31.2. The van der Waals surface area contributed by atoms with Crippen molar-refractivity contribution in [3.05, 3.63) is 97.2 Å². The highest BCUT2D eigenvalue weighted by Crippen LogP contribution is 2.43. The molecule has 0 heterocycles. The summed E-state index contributed by atoms with van der Waals surface area (Å²) < 4.78 is 33.6. The third-order valence-corrected chi connectivity index (χ3v) is 11.0. The van der Waals surface area contributed by atoms with Gasteiger partial charge in [-0.2, -0.15) is 0 Å². The molecule has 0 aromatic heterocycles. The van der Waals surface area contributed by atoms with Crippen LogP contribution in [0.4, 0.5) is 0 Å². The first-order chi connectivity index (χ1) is 30.4. The molecule has 0 aliphatic heterocycles. The van der Waals surface area contributed by atoms with Crippen LogP contribution in [-0.4, -0.2) is 49.9 Å². The summed E-state index contributed by atoms with van der Waals surface area (Å²) in [5.74, 6) is -0.342. The molecule has 3 N–H and O–H groups in total. The van der Waals surface area contributed by atoms with Crippen molar-refractivity contribution in [3.8, 4) is 0 Å². The fourth-order valence-electron chi connectivity index (χ4n) is 6.45. The summed E-state index contributed by atoms with van der Waals surface area (Å²) in [4.78, 5) is 22.6. The van der Waals surface area contributed by atoms with Crippen molar-refractivity contribution < 1.29 is 32.8 Å². The number of phosphoric acid groups is 1. The monoisotopic (exact) mass is 886 g/mol. The van der Waals surface area contributed by atoms with Gasteiger partial charge < -0.3 is 20.1 Å². The fourth-order valence-corrected chi connectivity index (χ4v) is 7.21. The van der Waals surface area contributed by atoms with Crippen LogP contribution in [0, 0.1) is 0 Å². The maximum Gasteiger partial charge on any atom is 0.472 e. The molecule has 0 fully saturated rings. The fraction of sp³-hybridized carbons (Fsp3) is 0.679. The van der Waals surface area contributed by atoms with Crippen LogP contribution in [0.2, 0.25) is 0 Å². The van der Waals surface area contributed by atoms with Gasteiger partial charge in [0.2, 0.25) is 0 Å². The molecule has 0 aliphatic rings. The lowest BCUT2D eigenvalue weighted by molar-refractivity contribution is -0.154. The number of esters is 1. The molecule has 62 heavy (non-hydrogen) atoms. The summed E-state index contributed by atoms with van der Waals surface area (Å²) >= 11 is 0. The molecule has 0 aliphatic carbocycles. The van der Waals surface area contributed by atoms with Gasteiger partial charge in [0, 0.05) is 19.6 Å². The maximum absolute atomic E-state index is 12.7. The van der Waals surface area contributed by atoms with Gasteiger partial charge in [-0.25, -0.2) is 4.57 Å². The second kappa shape index (κ2) is 49.4. The van der Waals surface area contributed by atoms with Gasteiger partial charge in [-0.05, 0) is 89.9 Å². The Balaban J connectivity index is 4.01. The van der Waals surface area contributed by atoms with E-state index in [1.54, 1.807) is 0 Å². The largest absolute Gasteiger partial charge is 0.472 e. The predicted octanol–water partition coefficient (Wildman–Crippen LogP) is 15.4. The Morgan fingerprint density at radius 2 is 0.855 bits per heavy atom. The van der Waals surface area contributed by atoms with Gasteiger partial charge in [0.25, 0.3) is 0 Å². The van der Waals surface area contributed by atoms with E-state index in [-0.39, 0.29) is 32.3 Å². The normalized spacial score (nSPS) is 14.2. The Labute approximate surface area is 380 Å². The molecule has 0 amide bonds. The minimum atomic E-state index is -4.29. The molecule has 2 atom stereocenters. The summed E-state index contributed by atoms with van der Waals surface area (Å²) in [6, 6.07) is 0. The van der Waals surface area contributed by atoms with E-state index in [0.29, 0.717) is 13.0 Å². The van der Waals surface area contributed by atoms with Gasteiger partial charge >= 0.3 is 13.8 Å². The van der Waals surface area contributed by atoms with E-state index in [4.69, 9.17) is 24.3 Å². The van der Waals surface area contributed by atoms with Gasteiger partial charge in [0.05, 0.1) is 19.8 Å². The van der Waals surface area contributed by atoms with Gasteiger partial charge in [-0.3, -0.25) is 13.8 Å². The number of phosphoric ester groups is 1. The third-order valence-electron chi connectivity index (χ3n) is 10.00. The lowest BCUT2D eigenvalue weighted by Crippen LogP contribution is -2.28. The molecular weight excluding hydrogens is 794 g/mol. The molecule has 8 nitrogen and oxygen atoms in total. The first-order valence-corrected chi connectivity index (χ1v) is 26.2. The van der Waals surface area contributed by atoms with Crippen molar-refractivity contribution in [3.63, 3.8) is 0 Å². The Bertz CT molecular complexity index is 1270. The Hall–Kier alpha value is -2.58. The van der Waals surface area contributed by atoms with E-state index in [1.807, 2.05) is 0 Å². The Morgan fingerprint density at radius 1 is 0.484 bits per heavy atom. The van der Waals surface area contributed by atoms with Crippen molar-refractivity contribution >= 4 is 13.8 Å². The zero-order chi connectivity index (χ0) is 45.1. The minimum Gasteiger partial charge on any atom is -0.457 e. The van der Waals surface area contributed by atoms with E-state index >= 15 is 0 Å². The number of ether oxygens (including phenoxy) is 2. The van der Waals surface area contributed by atoms with Crippen LogP contribution in [0.5, 0.6) is 0 Å². The molecule has 9 heteroatoms. The lowest BCUT2D eigenvalue weighted by atomic mass is 10.0. The average molecular weight is 886 g/mol. The van der Waals surface area contributed by atoms with Crippen molar-refractivity contribution in [1.82, 2.24) is 0 Å². The topological polar surface area (TPSA) is 117 Å². The highest BCUT2D eigenvalue weighted by Gasteiger charge is 2.25. The summed E-state index contributed by atoms with van der Waals surface area (Å²) in [7, 11) is -4.29. The van der Waals surface area contributed by atoms with Gasteiger partial charge in [-0.1, -0.05) is 195 Å². The SMILES string of the molecule is CC/C=C\C/C=C\C/C=C\C/C=C\CCCCCCCCCCCCC(=O)OC(COCCCCCCCCC/C=C\C/C=C\C/C=C\C/C=C\CC)COP(=O)(O)OCCN. The number of hydrogen-bond acceptors (Lipinski definition) is 7. The molecule has 0 saturated heterocycles. The first kappa shape index (κ1) is 59.4. The zero-order valence-electron chi connectivity index (χ0n) is 39.6. The summed E-state index contributed by atoms with van der Waals surface area (Å²) in [5.41, 5.74) is 5.39. The molecule has 0 rings (SSSR count). The van der Waals surface area contributed by atoms with E-state index in [0.717, 1.165) is 96.3 Å². The van der Waals surface area contributed by atoms with Crippen molar-refractivity contribution in [2.75, 3.05) is 33.0 Å². The van der Waals surface area contributed by atoms with E-state index < -0.39 is 13.9 Å². The summed E-state index contributed by atoms with van der Waals surface area (Å²) in [6.45, 7) is 4.66. The second-order valence-corrected chi connectivity index (χ2v) is 17.4. The number of rotatable bonds is 46. The number of unbranched alkanes of at least 4 members (excludes halogenated alkanes) is 17. The second-order valence-electron chi connectivity index (χ2n) is 15.9. The number of carbonyl (C=O) groups excluding carboxylic acids is 1. The summed E-state index contributed by atoms with van der Waals surface area (Å²) in [6.07, 6.45) is 65.7. The van der Waals surface area contributed by atoms with Gasteiger partial charge in [0.1, 0.15) is 6.10 Å². The number of hydrogen-bond donors (Lipinski definition) is 2. The van der Waals surface area contributed by atoms with Crippen LogP contribution >= 0.6 is 7.82 Å². The van der Waals surface area contributed by atoms with E-state index in [9.17, 15) is 14.3 Å². The standard InChI is InChI=1S/C53H92NO7P/c1-3-5-7-9-11-13-15-17-19-21-23-25-26-27-28-30-32-34-36-38-40-42-44-46-53(55)61-52(51-60-62(56,57)59-49-47-54)50-58-48-45-43-41-39-37-35-33-31-29-24-22-20-18-16-14-12-10-8-6-4-2/h5-8,11-14,17-20,23-25,29,52H,3-4,9-10,15-16,21-22,26-28,30-51,54H2,1-2H3,(H,56,57)/b7-5-,8-6-,13-11-,14-12-,19-17-,20-18-,25-23-,29-24-. The highest BCUT2D eigenvalue weighted by molar-refractivity contribution is 7.47. The molecule has 2 unspecified atom stereocenters. The third kappa shape index (κ3) is 48.5. The molecule has 0 bridgehead atoms. The van der Waals surface area contributed by atoms with Gasteiger partial charge in [-0.15, -0.1) is 0 Å². The van der Waals surface area contributed by atoms with Crippen LogP contribution in [0.1, 0.15) is 194 Å². The maximum atomic E-state index is 12.7. The van der Waals surface area contributed by atoms with Crippen molar-refractivity contribution in [2.24, 2.45) is 5.73 Å². The molecule has 356 valence electrons. The molecule has 0 saturated carbocycles. The smallest absolute Gasteiger partial charge is 0.457 e. The van der Waals surface area contributed by atoms with Crippen LogP contribution in [-0.2, 0) is 27.9 Å². The van der Waals surface area contributed by atoms with E-state index in [2.05, 4.69) is 111 Å². The quantitative estimate of drug-likeness (QED) is 0.0269. The minimum absolute atomic E-state index is 0.0925. The first-order valence-electron chi connectivity index (χ1n) is 24.7. The lowest BCUT2D eigenvalue weighted by Gasteiger charge is -2.20. The number of carbonyl (C=O) groups is 1. The zero-order valence-corrected chi connectivity index (χ0v) is 40.5. The van der Waals surface area contributed by atoms with Crippen molar-refractivity contribution in [1.29, 1.82) is 0 Å². The molecule has 0 aromatic rings. The molecule has 0 spiro atoms. The molecule has 0 radical (unpaired) electrons. The van der Waals surface area contributed by atoms with Crippen LogP contribution in [0.15, 0.2) is 97.2 Å². The van der Waals surface area contributed by atoms with Crippen LogP contribution in [0.3, 0.4) is 0 Å². The number of nitrogens with two attached hydrogens (primary N) is 1. The molecule has 0 aromatic carbocycles. The predicted molar refractivity (Wildman–Crippen MR) is 265 cm³/mol. The van der Waals surface area contributed by atoms with Crippen molar-refractivity contribution in [2.45, 2.75) is 200 Å². The Morgan fingerprint density at radius 3 is 1.27 bits per heavy atom. The average Bonchev–Trinajstić information content (AvgIpc) is 3.26. The van der Waals surface area contributed by atoms with Crippen LogP contribution < -0.4 is 5.73 Å². The Kier molecular flexibility index (Phi) is 47.4. The molecular formula is C53H92NO7P. The van der Waals surface area contributed by atoms with Crippen LogP contribution in [0.25, 0.3) is 0 Å². The van der Waals surface area contributed by atoms with Gasteiger partial charge in [0.15, 0.2) is 0 Å². The number of allylic oxidation sites excluding steroid dienone is 16. The summed E-state index contributed by atoms with van der Waals surface area (Å²) in [5, 5.41) is 0.